The minimum absolute atomic E-state index is 0.0420. The number of hydrogen-bond donors (Lipinski definition) is 1. The number of benzene rings is 1. The highest BCUT2D eigenvalue weighted by molar-refractivity contribution is 7.16. The molecule has 30 heavy (non-hydrogen) atoms. The number of carbonyl (C=O) groups is 1. The monoisotopic (exact) mass is 468 g/mol. The number of amides is 1. The predicted molar refractivity (Wildman–Crippen MR) is 99.0 cm³/mol. The molecule has 2 aromatic heterocycles. The number of alkyl halides is 6. The molecule has 1 aromatic carbocycles. The zero-order valence-corrected chi connectivity index (χ0v) is 16.4. The number of rotatable bonds is 4. The average Bonchev–Trinajstić information content (AvgIpc) is 3.17. The standard InChI is InChI=1S/C17H11ClF6N4OS/c1-8(16(19,20)21)25-12(29)7-6-11-13(9-4-2-3-5-10(9)18)26-15-28(11)27-14(30-15)17(22,23)24/h2-8H,1H3,(H,25,29). The van der Waals surface area contributed by atoms with E-state index in [1.54, 1.807) is 23.5 Å². The fourth-order valence-corrected chi connectivity index (χ4v) is 3.38. The Morgan fingerprint density at radius 1 is 1.23 bits per heavy atom. The van der Waals surface area contributed by atoms with Gasteiger partial charge in [0.2, 0.25) is 15.9 Å². The molecule has 1 amide bonds. The molecular formula is C17H11ClF6N4OS. The Bertz CT molecular complexity index is 1120. The minimum atomic E-state index is -4.71. The first-order valence-corrected chi connectivity index (χ1v) is 9.34. The van der Waals surface area contributed by atoms with Gasteiger partial charge in [0.25, 0.3) is 0 Å². The van der Waals surface area contributed by atoms with Crippen LogP contribution < -0.4 is 5.32 Å². The number of aromatic nitrogens is 3. The SMILES string of the molecule is CC(NC(=O)C=Cc1c(-c2ccccc2Cl)nc2sc(C(F)(F)F)nn12)C(F)(F)F. The summed E-state index contributed by atoms with van der Waals surface area (Å²) in [5.41, 5.74) is 0.440. The number of nitrogens with one attached hydrogen (secondary N) is 1. The fourth-order valence-electron chi connectivity index (χ4n) is 2.38. The maximum atomic E-state index is 13.0. The van der Waals surface area contributed by atoms with Crippen molar-refractivity contribution in [2.75, 3.05) is 0 Å². The van der Waals surface area contributed by atoms with E-state index in [2.05, 4.69) is 10.1 Å². The van der Waals surface area contributed by atoms with Gasteiger partial charge in [-0.15, -0.1) is 5.10 Å². The number of halogens is 7. The number of imidazole rings is 1. The topological polar surface area (TPSA) is 59.3 Å². The summed E-state index contributed by atoms with van der Waals surface area (Å²) in [4.78, 5) is 15.9. The number of carbonyl (C=O) groups excluding carboxylic acids is 1. The lowest BCUT2D eigenvalue weighted by Crippen LogP contribution is -2.42. The molecule has 0 saturated heterocycles. The van der Waals surface area contributed by atoms with Crippen molar-refractivity contribution in [3.8, 4) is 11.3 Å². The summed E-state index contributed by atoms with van der Waals surface area (Å²) >= 11 is 6.41. The lowest BCUT2D eigenvalue weighted by Gasteiger charge is -2.15. The van der Waals surface area contributed by atoms with Crippen LogP contribution in [0, 0.1) is 0 Å². The molecule has 13 heteroatoms. The quantitative estimate of drug-likeness (QED) is 0.422. The van der Waals surface area contributed by atoms with Crippen LogP contribution in [0.5, 0.6) is 0 Å². The Hall–Kier alpha value is -2.60. The van der Waals surface area contributed by atoms with Crippen molar-refractivity contribution >= 4 is 39.9 Å². The Labute approximate surface area is 174 Å². The van der Waals surface area contributed by atoms with Crippen LogP contribution in [0.3, 0.4) is 0 Å². The van der Waals surface area contributed by atoms with Gasteiger partial charge < -0.3 is 5.32 Å². The van der Waals surface area contributed by atoms with Gasteiger partial charge in [-0.05, 0) is 19.1 Å². The molecule has 5 nitrogen and oxygen atoms in total. The van der Waals surface area contributed by atoms with Gasteiger partial charge >= 0.3 is 12.4 Å². The van der Waals surface area contributed by atoms with Gasteiger partial charge in [-0.2, -0.15) is 26.3 Å². The minimum Gasteiger partial charge on any atom is -0.341 e. The highest BCUT2D eigenvalue weighted by atomic mass is 35.5. The van der Waals surface area contributed by atoms with Crippen molar-refractivity contribution in [2.45, 2.75) is 25.3 Å². The van der Waals surface area contributed by atoms with E-state index in [1.807, 2.05) is 0 Å². The van der Waals surface area contributed by atoms with Crippen LogP contribution in [0.1, 0.15) is 17.6 Å². The van der Waals surface area contributed by atoms with Gasteiger partial charge in [-0.1, -0.05) is 41.1 Å². The van der Waals surface area contributed by atoms with Crippen molar-refractivity contribution < 1.29 is 31.1 Å². The zero-order valence-electron chi connectivity index (χ0n) is 14.8. The largest absolute Gasteiger partial charge is 0.445 e. The van der Waals surface area contributed by atoms with E-state index in [9.17, 15) is 31.1 Å². The first-order valence-electron chi connectivity index (χ1n) is 8.15. The summed E-state index contributed by atoms with van der Waals surface area (Å²) in [5, 5.41) is 4.28. The predicted octanol–water partition coefficient (Wildman–Crippen LogP) is 5.21. The number of fused-ring (bicyclic) bond motifs is 1. The molecule has 1 unspecified atom stereocenters. The van der Waals surface area contributed by atoms with Crippen LogP contribution in [0.4, 0.5) is 26.3 Å². The maximum Gasteiger partial charge on any atom is 0.445 e. The van der Waals surface area contributed by atoms with Crippen molar-refractivity contribution in [3.63, 3.8) is 0 Å². The van der Waals surface area contributed by atoms with E-state index in [0.717, 1.165) is 23.6 Å². The molecule has 0 saturated carbocycles. The summed E-state index contributed by atoms with van der Waals surface area (Å²) in [6.45, 7) is 0.758. The zero-order chi connectivity index (χ0) is 22.3. The summed E-state index contributed by atoms with van der Waals surface area (Å²) < 4.78 is 77.6. The molecule has 0 aliphatic heterocycles. The summed E-state index contributed by atoms with van der Waals surface area (Å²) in [5.74, 6) is -1.09. The molecule has 160 valence electrons. The van der Waals surface area contributed by atoms with E-state index in [-0.39, 0.29) is 32.7 Å². The highest BCUT2D eigenvalue weighted by Gasteiger charge is 2.37. The van der Waals surface area contributed by atoms with Crippen LogP contribution in [0.25, 0.3) is 22.3 Å². The van der Waals surface area contributed by atoms with E-state index in [0.29, 0.717) is 5.56 Å². The van der Waals surface area contributed by atoms with Crippen LogP contribution in [0.15, 0.2) is 30.3 Å². The molecule has 0 radical (unpaired) electrons. The number of hydrogen-bond acceptors (Lipinski definition) is 4. The molecule has 0 bridgehead atoms. The highest BCUT2D eigenvalue weighted by Crippen LogP contribution is 2.36. The van der Waals surface area contributed by atoms with Gasteiger partial charge in [-0.25, -0.2) is 9.50 Å². The number of nitrogens with zero attached hydrogens (tertiary/aromatic N) is 3. The molecule has 1 N–H and O–H groups in total. The molecule has 1 atom stereocenters. The third-order valence-electron chi connectivity index (χ3n) is 3.85. The Morgan fingerprint density at radius 3 is 2.50 bits per heavy atom. The van der Waals surface area contributed by atoms with Crippen LogP contribution in [-0.4, -0.2) is 32.7 Å². The van der Waals surface area contributed by atoms with E-state index in [4.69, 9.17) is 11.6 Å². The second kappa shape index (κ2) is 7.91. The van der Waals surface area contributed by atoms with Gasteiger partial charge in [0.1, 0.15) is 11.7 Å². The van der Waals surface area contributed by atoms with Crippen molar-refractivity contribution in [1.29, 1.82) is 0 Å². The Kier molecular flexibility index (Phi) is 5.83. The Morgan fingerprint density at radius 2 is 1.90 bits per heavy atom. The van der Waals surface area contributed by atoms with Crippen LogP contribution in [-0.2, 0) is 11.0 Å². The molecule has 3 rings (SSSR count). The van der Waals surface area contributed by atoms with Gasteiger partial charge in [-0.3, -0.25) is 4.79 Å². The molecule has 0 spiro atoms. The van der Waals surface area contributed by atoms with Crippen molar-refractivity contribution in [2.24, 2.45) is 0 Å². The molecule has 0 aliphatic carbocycles. The van der Waals surface area contributed by atoms with Crippen LogP contribution in [0.2, 0.25) is 5.02 Å². The maximum absolute atomic E-state index is 13.0. The third-order valence-corrected chi connectivity index (χ3v) is 5.13. The summed E-state index contributed by atoms with van der Waals surface area (Å²) in [6, 6.07) is 4.23. The second-order valence-electron chi connectivity index (χ2n) is 6.03. The third kappa shape index (κ3) is 4.59. The molecule has 3 aromatic rings. The van der Waals surface area contributed by atoms with Crippen molar-refractivity contribution in [1.82, 2.24) is 19.9 Å². The molecule has 0 aliphatic rings. The van der Waals surface area contributed by atoms with Gasteiger partial charge in [0.05, 0.1) is 10.7 Å². The van der Waals surface area contributed by atoms with Crippen molar-refractivity contribution in [3.05, 3.63) is 46.1 Å². The first-order chi connectivity index (χ1) is 13.9. The van der Waals surface area contributed by atoms with E-state index >= 15 is 0 Å². The summed E-state index contributed by atoms with van der Waals surface area (Å²) in [6.07, 6.45) is -7.56. The fraction of sp³-hybridized carbons (Fsp3) is 0.235. The average molecular weight is 469 g/mol. The molecule has 2 heterocycles. The smallest absolute Gasteiger partial charge is 0.341 e. The lowest BCUT2D eigenvalue weighted by atomic mass is 10.1. The van der Waals surface area contributed by atoms with E-state index in [1.165, 1.54) is 6.07 Å². The molecular weight excluding hydrogens is 458 g/mol. The first kappa shape index (κ1) is 22.1. The molecule has 0 fully saturated rings. The van der Waals surface area contributed by atoms with E-state index < -0.39 is 29.3 Å². The normalized spacial score (nSPS) is 13.9. The van der Waals surface area contributed by atoms with Crippen LogP contribution >= 0.6 is 22.9 Å². The Balaban J connectivity index is 2.06. The van der Waals surface area contributed by atoms with Gasteiger partial charge in [0, 0.05) is 11.6 Å². The lowest BCUT2D eigenvalue weighted by molar-refractivity contribution is -0.156. The summed E-state index contributed by atoms with van der Waals surface area (Å²) in [7, 11) is 0. The second-order valence-corrected chi connectivity index (χ2v) is 7.39. The van der Waals surface area contributed by atoms with Gasteiger partial charge in [0.15, 0.2) is 0 Å².